The highest BCUT2D eigenvalue weighted by Gasteiger charge is 2.58. The van der Waals surface area contributed by atoms with Crippen LogP contribution in [-0.2, 0) is 4.43 Å². The van der Waals surface area contributed by atoms with Crippen LogP contribution in [-0.4, -0.2) is 27.0 Å². The van der Waals surface area contributed by atoms with Gasteiger partial charge in [0.25, 0.3) is 0 Å². The van der Waals surface area contributed by atoms with E-state index in [-0.39, 0.29) is 0 Å². The molecule has 0 atom stereocenters. The first-order valence-electron chi connectivity index (χ1n) is 5.22. The summed E-state index contributed by atoms with van der Waals surface area (Å²) in [6.07, 6.45) is -5.53. The monoisotopic (exact) mass is 264 g/mol. The molecule has 0 bridgehead atoms. The van der Waals surface area contributed by atoms with Crippen LogP contribution < -0.4 is 0 Å². The molecule has 0 spiro atoms. The number of hydrogen-bond acceptors (Lipinski definition) is 1. The largest absolute Gasteiger partial charge is 0.455 e. The van der Waals surface area contributed by atoms with Crippen LogP contribution in [0.3, 0.4) is 0 Å². The number of halogens is 5. The van der Waals surface area contributed by atoms with Crippen LogP contribution in [0.5, 0.6) is 0 Å². The normalized spacial score (nSPS) is 14.2. The first-order chi connectivity index (χ1) is 7.14. The van der Waals surface area contributed by atoms with E-state index >= 15 is 0 Å². The van der Waals surface area contributed by atoms with Crippen LogP contribution in [0.2, 0.25) is 18.1 Å². The third-order valence-electron chi connectivity index (χ3n) is 2.91. The van der Waals surface area contributed by atoms with Crippen LogP contribution in [0, 0.1) is 0 Å². The molecule has 0 saturated carbocycles. The van der Waals surface area contributed by atoms with Crippen LogP contribution in [0.4, 0.5) is 22.0 Å². The van der Waals surface area contributed by atoms with E-state index in [9.17, 15) is 22.0 Å². The van der Waals surface area contributed by atoms with Crippen LogP contribution in [0.1, 0.15) is 20.8 Å². The molecule has 98 valence electrons. The van der Waals surface area contributed by atoms with E-state index in [4.69, 9.17) is 4.43 Å². The molecule has 0 aromatic rings. The zero-order valence-electron chi connectivity index (χ0n) is 9.63. The zero-order valence-corrected chi connectivity index (χ0v) is 10.6. The number of rotatable bonds is 6. The Kier molecular flexibility index (Phi) is 5.38. The lowest BCUT2D eigenvalue weighted by Gasteiger charge is -2.30. The van der Waals surface area contributed by atoms with Crippen molar-refractivity contribution in [2.75, 3.05) is 6.61 Å². The van der Waals surface area contributed by atoms with Gasteiger partial charge >= 0.3 is 12.1 Å². The van der Waals surface area contributed by atoms with Gasteiger partial charge in [0.2, 0.25) is 0 Å². The minimum atomic E-state index is -5.53. The quantitative estimate of drug-likeness (QED) is 0.516. The van der Waals surface area contributed by atoms with E-state index in [0.29, 0.717) is 18.1 Å². The Labute approximate surface area is 93.1 Å². The van der Waals surface area contributed by atoms with Crippen LogP contribution >= 0.6 is 0 Å². The minimum Gasteiger partial charge on any atom is -0.410 e. The Bertz CT molecular complexity index is 202. The number of alkyl halides is 5. The van der Waals surface area contributed by atoms with Gasteiger partial charge in [-0.3, -0.25) is 0 Å². The molecule has 0 fully saturated rings. The molecule has 0 amide bonds. The highest BCUT2D eigenvalue weighted by molar-refractivity contribution is 6.73. The molecule has 16 heavy (non-hydrogen) atoms. The third kappa shape index (κ3) is 3.69. The molecule has 0 heterocycles. The lowest BCUT2D eigenvalue weighted by Crippen LogP contribution is -2.46. The fourth-order valence-corrected chi connectivity index (χ4v) is 3.98. The van der Waals surface area contributed by atoms with Gasteiger partial charge in [-0.25, -0.2) is 0 Å². The Hall–Kier alpha value is -0.173. The summed E-state index contributed by atoms with van der Waals surface area (Å²) >= 11 is 0. The van der Waals surface area contributed by atoms with E-state index < -0.39 is 27.0 Å². The second-order valence-electron chi connectivity index (χ2n) is 3.73. The average Bonchev–Trinajstić information content (AvgIpc) is 2.19. The molecule has 7 heteroatoms. The van der Waals surface area contributed by atoms with Crippen molar-refractivity contribution in [3.05, 3.63) is 0 Å². The molecular weight excluding hydrogens is 247 g/mol. The fraction of sp³-hybridized carbons (Fsp3) is 1.00. The van der Waals surface area contributed by atoms with Crippen molar-refractivity contribution in [3.63, 3.8) is 0 Å². The van der Waals surface area contributed by atoms with Gasteiger partial charge in [-0.1, -0.05) is 20.8 Å². The van der Waals surface area contributed by atoms with Gasteiger partial charge in [0.15, 0.2) is 8.32 Å². The first kappa shape index (κ1) is 15.8. The van der Waals surface area contributed by atoms with Crippen molar-refractivity contribution in [1.82, 2.24) is 0 Å². The highest BCUT2D eigenvalue weighted by atomic mass is 28.4. The Morgan fingerprint density at radius 3 is 1.50 bits per heavy atom. The summed E-state index contributed by atoms with van der Waals surface area (Å²) in [4.78, 5) is 0. The van der Waals surface area contributed by atoms with Gasteiger partial charge in [-0.15, -0.1) is 0 Å². The molecule has 1 nitrogen and oxygen atoms in total. The lowest BCUT2D eigenvalue weighted by molar-refractivity contribution is -0.290. The molecular formula is C9H17F5OSi. The molecule has 0 unspecified atom stereocenters. The van der Waals surface area contributed by atoms with Crippen LogP contribution in [0.25, 0.3) is 0 Å². The van der Waals surface area contributed by atoms with Crippen molar-refractivity contribution in [1.29, 1.82) is 0 Å². The second kappa shape index (κ2) is 5.44. The zero-order chi connectivity index (χ0) is 13.0. The molecule has 0 rings (SSSR count). The summed E-state index contributed by atoms with van der Waals surface area (Å²) in [6.45, 7) is 3.76. The van der Waals surface area contributed by atoms with E-state index in [2.05, 4.69) is 0 Å². The van der Waals surface area contributed by atoms with E-state index in [1.165, 1.54) is 0 Å². The summed E-state index contributed by atoms with van der Waals surface area (Å²) in [6, 6.07) is 1.65. The summed E-state index contributed by atoms with van der Waals surface area (Å²) in [5.41, 5.74) is 0. The standard InChI is InChI=1S/C9H17F5OSi/c1-4-16(5-2,6-3)15-7-8(10,11)9(12,13)14/h4-7H2,1-3H3. The predicted molar refractivity (Wildman–Crippen MR) is 54.2 cm³/mol. The molecule has 0 aromatic carbocycles. The molecule has 0 saturated heterocycles. The van der Waals surface area contributed by atoms with Crippen molar-refractivity contribution < 1.29 is 26.4 Å². The summed E-state index contributed by atoms with van der Waals surface area (Å²) < 4.78 is 65.9. The molecule has 0 N–H and O–H groups in total. The fourth-order valence-electron chi connectivity index (χ4n) is 1.38. The smallest absolute Gasteiger partial charge is 0.410 e. The van der Waals surface area contributed by atoms with Crippen molar-refractivity contribution in [3.8, 4) is 0 Å². The molecule has 0 aliphatic rings. The van der Waals surface area contributed by atoms with Crippen molar-refractivity contribution in [2.24, 2.45) is 0 Å². The van der Waals surface area contributed by atoms with Gasteiger partial charge < -0.3 is 4.43 Å². The van der Waals surface area contributed by atoms with Gasteiger partial charge in [-0.2, -0.15) is 22.0 Å². The van der Waals surface area contributed by atoms with Crippen LogP contribution in [0.15, 0.2) is 0 Å². The first-order valence-corrected chi connectivity index (χ1v) is 7.75. The van der Waals surface area contributed by atoms with Gasteiger partial charge in [0, 0.05) is 0 Å². The molecule has 0 aromatic heterocycles. The Morgan fingerprint density at radius 2 is 1.25 bits per heavy atom. The maximum Gasteiger partial charge on any atom is 0.455 e. The maximum atomic E-state index is 12.6. The van der Waals surface area contributed by atoms with E-state index in [0.717, 1.165) is 0 Å². The van der Waals surface area contributed by atoms with Gasteiger partial charge in [0.05, 0.1) is 0 Å². The maximum absolute atomic E-state index is 12.6. The molecule has 0 aliphatic heterocycles. The highest BCUT2D eigenvalue weighted by Crippen LogP contribution is 2.37. The molecule has 0 radical (unpaired) electrons. The summed E-state index contributed by atoms with van der Waals surface area (Å²) in [5.74, 6) is -4.75. The lowest BCUT2D eigenvalue weighted by atomic mass is 10.3. The SMILES string of the molecule is CC[Si](CC)(CC)OCC(F)(F)C(F)(F)F. The summed E-state index contributed by atoms with van der Waals surface area (Å²) in [7, 11) is -2.39. The minimum absolute atomic E-state index is 0.550. The van der Waals surface area contributed by atoms with E-state index in [1.54, 1.807) is 20.8 Å². The van der Waals surface area contributed by atoms with Gasteiger partial charge in [-0.05, 0) is 18.1 Å². The number of hydrogen-bond donors (Lipinski definition) is 0. The summed E-state index contributed by atoms with van der Waals surface area (Å²) in [5, 5.41) is 0. The molecule has 0 aliphatic carbocycles. The average molecular weight is 264 g/mol. The van der Waals surface area contributed by atoms with E-state index in [1.807, 2.05) is 0 Å². The van der Waals surface area contributed by atoms with Crippen molar-refractivity contribution >= 4 is 8.32 Å². The van der Waals surface area contributed by atoms with Gasteiger partial charge in [0.1, 0.15) is 6.61 Å². The van der Waals surface area contributed by atoms with Crippen molar-refractivity contribution in [2.45, 2.75) is 51.0 Å². The predicted octanol–water partition coefficient (Wildman–Crippen LogP) is 4.21. The topological polar surface area (TPSA) is 9.23 Å². The Balaban J connectivity index is 4.54. The second-order valence-corrected chi connectivity index (χ2v) is 8.51. The third-order valence-corrected chi connectivity index (χ3v) is 7.53. The Morgan fingerprint density at radius 1 is 0.875 bits per heavy atom.